The molecule has 1 aliphatic carbocycles. The highest BCUT2D eigenvalue weighted by Crippen LogP contribution is 2.41. The Bertz CT molecular complexity index is 977. The zero-order valence-corrected chi connectivity index (χ0v) is 17.3. The largest absolute Gasteiger partial charge is 0.497 e. The van der Waals surface area contributed by atoms with Gasteiger partial charge in [-0.1, -0.05) is 55.3 Å². The summed E-state index contributed by atoms with van der Waals surface area (Å²) in [7, 11) is 1.68. The first-order valence-electron chi connectivity index (χ1n) is 10.4. The van der Waals surface area contributed by atoms with E-state index in [4.69, 9.17) is 9.47 Å². The number of nitrogens with one attached hydrogen (secondary N) is 1. The molecule has 4 heteroatoms. The van der Waals surface area contributed by atoms with E-state index in [1.807, 2.05) is 66.7 Å². The number of hydrogen-bond acceptors (Lipinski definition) is 3. The summed E-state index contributed by atoms with van der Waals surface area (Å²) in [5.74, 6) is 2.01. The van der Waals surface area contributed by atoms with Crippen molar-refractivity contribution in [1.29, 1.82) is 0 Å². The molecule has 0 aromatic heterocycles. The average molecular weight is 402 g/mol. The third kappa shape index (κ3) is 4.33. The lowest BCUT2D eigenvalue weighted by molar-refractivity contribution is 0.0941. The summed E-state index contributed by atoms with van der Waals surface area (Å²) in [5, 5.41) is 3.18. The van der Waals surface area contributed by atoms with Crippen LogP contribution >= 0.6 is 0 Å². The van der Waals surface area contributed by atoms with Crippen LogP contribution in [-0.2, 0) is 5.41 Å². The van der Waals surface area contributed by atoms with E-state index in [1.54, 1.807) is 7.11 Å². The van der Waals surface area contributed by atoms with Gasteiger partial charge in [0.05, 0.1) is 12.7 Å². The Labute approximate surface area is 177 Å². The Hall–Kier alpha value is -3.27. The lowest BCUT2D eigenvalue weighted by Crippen LogP contribution is -2.39. The Morgan fingerprint density at radius 1 is 0.867 bits per heavy atom. The van der Waals surface area contributed by atoms with Gasteiger partial charge in [0.25, 0.3) is 5.91 Å². The van der Waals surface area contributed by atoms with Crippen molar-refractivity contribution in [2.24, 2.45) is 0 Å². The molecule has 4 nitrogen and oxygen atoms in total. The lowest BCUT2D eigenvalue weighted by Gasteiger charge is -2.30. The van der Waals surface area contributed by atoms with Gasteiger partial charge in [-0.05, 0) is 54.8 Å². The second-order valence-corrected chi connectivity index (χ2v) is 7.81. The van der Waals surface area contributed by atoms with Crippen LogP contribution in [0.3, 0.4) is 0 Å². The van der Waals surface area contributed by atoms with Gasteiger partial charge >= 0.3 is 0 Å². The van der Waals surface area contributed by atoms with Gasteiger partial charge in [-0.15, -0.1) is 0 Å². The van der Waals surface area contributed by atoms with Gasteiger partial charge in [0, 0.05) is 12.0 Å². The van der Waals surface area contributed by atoms with E-state index in [9.17, 15) is 4.79 Å². The molecule has 0 saturated heterocycles. The van der Waals surface area contributed by atoms with Gasteiger partial charge in [-0.3, -0.25) is 4.79 Å². The predicted octanol–water partition coefficient (Wildman–Crippen LogP) is 5.73. The van der Waals surface area contributed by atoms with Gasteiger partial charge in [0.15, 0.2) is 0 Å². The molecule has 3 aromatic carbocycles. The normalized spacial score (nSPS) is 14.8. The van der Waals surface area contributed by atoms with Crippen molar-refractivity contribution in [3.8, 4) is 17.2 Å². The maximum Gasteiger partial charge on any atom is 0.255 e. The minimum atomic E-state index is -0.110. The highest BCUT2D eigenvalue weighted by atomic mass is 16.5. The Kier molecular flexibility index (Phi) is 6.03. The van der Waals surface area contributed by atoms with E-state index in [1.165, 1.54) is 18.4 Å². The molecule has 0 unspecified atom stereocenters. The number of carbonyl (C=O) groups excluding carboxylic acids is 1. The molecule has 0 aliphatic heterocycles. The van der Waals surface area contributed by atoms with Crippen molar-refractivity contribution < 1.29 is 14.3 Å². The maximum atomic E-state index is 13.1. The van der Waals surface area contributed by atoms with E-state index in [0.717, 1.165) is 18.6 Å². The smallest absolute Gasteiger partial charge is 0.255 e. The molecule has 3 aromatic rings. The van der Waals surface area contributed by atoms with Gasteiger partial charge < -0.3 is 14.8 Å². The number of amides is 1. The zero-order chi connectivity index (χ0) is 20.8. The topological polar surface area (TPSA) is 47.6 Å². The van der Waals surface area contributed by atoms with E-state index in [-0.39, 0.29) is 11.3 Å². The number of benzene rings is 3. The standard InChI is InChI=1S/C26H27NO3/c1-29-21-15-13-20(14-16-21)26(17-7-8-18-26)19-27-25(28)23-11-5-6-12-24(23)30-22-9-3-2-4-10-22/h2-6,9-16H,7-8,17-19H2,1H3,(H,27,28). The van der Waals surface area contributed by atoms with Crippen molar-refractivity contribution in [3.05, 3.63) is 90.0 Å². The molecule has 0 atom stereocenters. The fourth-order valence-electron chi connectivity index (χ4n) is 4.27. The Morgan fingerprint density at radius 3 is 2.23 bits per heavy atom. The summed E-state index contributed by atoms with van der Waals surface area (Å²) in [6.07, 6.45) is 4.49. The number of rotatable bonds is 7. The van der Waals surface area contributed by atoms with Crippen LogP contribution in [0.1, 0.15) is 41.6 Å². The fraction of sp³-hybridized carbons (Fsp3) is 0.269. The van der Waals surface area contributed by atoms with E-state index in [0.29, 0.717) is 23.6 Å². The highest BCUT2D eigenvalue weighted by molar-refractivity contribution is 5.97. The molecule has 4 rings (SSSR count). The molecule has 1 saturated carbocycles. The SMILES string of the molecule is COc1ccc(C2(CNC(=O)c3ccccc3Oc3ccccc3)CCCC2)cc1. The van der Waals surface area contributed by atoms with Crippen molar-refractivity contribution >= 4 is 5.91 Å². The minimum Gasteiger partial charge on any atom is -0.497 e. The summed E-state index contributed by atoms with van der Waals surface area (Å²) in [5.41, 5.74) is 1.77. The molecule has 0 bridgehead atoms. The molecule has 154 valence electrons. The summed E-state index contributed by atoms with van der Waals surface area (Å²) in [6.45, 7) is 0.609. The first-order chi connectivity index (χ1) is 14.7. The number of carbonyl (C=O) groups is 1. The molecule has 1 fully saturated rings. The van der Waals surface area contributed by atoms with Crippen molar-refractivity contribution in [3.63, 3.8) is 0 Å². The van der Waals surface area contributed by atoms with Crippen molar-refractivity contribution in [2.75, 3.05) is 13.7 Å². The molecule has 0 heterocycles. The van der Waals surface area contributed by atoms with Crippen LogP contribution in [-0.4, -0.2) is 19.6 Å². The molecule has 0 spiro atoms. The van der Waals surface area contributed by atoms with E-state index >= 15 is 0 Å². The third-order valence-electron chi connectivity index (χ3n) is 5.95. The van der Waals surface area contributed by atoms with Crippen LogP contribution in [0.15, 0.2) is 78.9 Å². The minimum absolute atomic E-state index is 0.0306. The molecule has 1 N–H and O–H groups in total. The van der Waals surface area contributed by atoms with Gasteiger partial charge in [-0.25, -0.2) is 0 Å². The summed E-state index contributed by atoms with van der Waals surface area (Å²) >= 11 is 0. The van der Waals surface area contributed by atoms with Gasteiger partial charge in [-0.2, -0.15) is 0 Å². The monoisotopic (exact) mass is 401 g/mol. The number of methoxy groups -OCH3 is 1. The third-order valence-corrected chi connectivity index (χ3v) is 5.95. The lowest BCUT2D eigenvalue weighted by atomic mass is 9.78. The molecule has 1 aliphatic rings. The van der Waals surface area contributed by atoms with Crippen LogP contribution in [0.2, 0.25) is 0 Å². The molecule has 30 heavy (non-hydrogen) atoms. The first-order valence-corrected chi connectivity index (χ1v) is 10.4. The number of para-hydroxylation sites is 2. The van der Waals surface area contributed by atoms with Crippen LogP contribution < -0.4 is 14.8 Å². The second kappa shape index (κ2) is 9.04. The summed E-state index contributed by atoms with van der Waals surface area (Å²) in [4.78, 5) is 13.1. The van der Waals surface area contributed by atoms with E-state index in [2.05, 4.69) is 17.4 Å². The molecule has 0 radical (unpaired) electrons. The molecule has 1 amide bonds. The highest BCUT2D eigenvalue weighted by Gasteiger charge is 2.36. The molecular formula is C26H27NO3. The van der Waals surface area contributed by atoms with Crippen molar-refractivity contribution in [1.82, 2.24) is 5.32 Å². The summed E-state index contributed by atoms with van der Waals surface area (Å²) in [6, 6.07) is 25.2. The van der Waals surface area contributed by atoms with Gasteiger partial charge in [0.1, 0.15) is 17.2 Å². The fourth-order valence-corrected chi connectivity index (χ4v) is 4.27. The second-order valence-electron chi connectivity index (χ2n) is 7.81. The maximum absolute atomic E-state index is 13.1. The number of ether oxygens (including phenoxy) is 2. The predicted molar refractivity (Wildman–Crippen MR) is 118 cm³/mol. The van der Waals surface area contributed by atoms with Crippen LogP contribution in [0.4, 0.5) is 0 Å². The van der Waals surface area contributed by atoms with Gasteiger partial charge in [0.2, 0.25) is 0 Å². The Balaban J connectivity index is 1.51. The first kappa shape index (κ1) is 20.0. The van der Waals surface area contributed by atoms with Crippen molar-refractivity contribution in [2.45, 2.75) is 31.1 Å². The van der Waals surface area contributed by atoms with Crippen LogP contribution in [0, 0.1) is 0 Å². The van der Waals surface area contributed by atoms with E-state index < -0.39 is 0 Å². The van der Waals surface area contributed by atoms with Crippen LogP contribution in [0.5, 0.6) is 17.2 Å². The van der Waals surface area contributed by atoms with Crippen LogP contribution in [0.25, 0.3) is 0 Å². The Morgan fingerprint density at radius 2 is 1.53 bits per heavy atom. The number of hydrogen-bond donors (Lipinski definition) is 1. The molecular weight excluding hydrogens is 374 g/mol. The average Bonchev–Trinajstić information content (AvgIpc) is 3.29. The summed E-state index contributed by atoms with van der Waals surface area (Å²) < 4.78 is 11.3. The quantitative estimate of drug-likeness (QED) is 0.550. The zero-order valence-electron chi connectivity index (χ0n) is 17.3.